The molecule has 6 rings (SSSR count). The summed E-state index contributed by atoms with van der Waals surface area (Å²) in [5.74, 6) is -1.52. The van der Waals surface area contributed by atoms with Crippen LogP contribution in [0.15, 0.2) is 97.1 Å². The van der Waals surface area contributed by atoms with E-state index in [9.17, 15) is 9.59 Å². The maximum Gasteiger partial charge on any atom is 0.348 e. The SMILES string of the molecule is CC(=O)OC(C(=O)OCC1c2ccccc2-c2ccccc21)C1c2ccccc2-c2ccccc21. The fourth-order valence-corrected chi connectivity index (χ4v) is 5.64. The molecule has 172 valence electrons. The molecule has 1 atom stereocenters. The van der Waals surface area contributed by atoms with E-state index in [2.05, 4.69) is 24.3 Å². The molecule has 0 amide bonds. The van der Waals surface area contributed by atoms with E-state index in [1.807, 2.05) is 72.8 Å². The molecule has 35 heavy (non-hydrogen) atoms. The number of rotatable bonds is 5. The first-order valence-corrected chi connectivity index (χ1v) is 11.8. The number of carbonyl (C=O) groups excluding carboxylic acids is 2. The lowest BCUT2D eigenvalue weighted by Crippen LogP contribution is -2.35. The quantitative estimate of drug-likeness (QED) is 0.339. The fraction of sp³-hybridized carbons (Fsp3) is 0.161. The Hall–Kier alpha value is -4.18. The molecule has 1 unspecified atom stereocenters. The molecule has 0 saturated carbocycles. The lowest BCUT2D eigenvalue weighted by Gasteiger charge is -2.24. The van der Waals surface area contributed by atoms with Gasteiger partial charge in [0.25, 0.3) is 0 Å². The van der Waals surface area contributed by atoms with Crippen molar-refractivity contribution in [2.45, 2.75) is 24.9 Å². The Morgan fingerprint density at radius 1 is 0.657 bits per heavy atom. The van der Waals surface area contributed by atoms with E-state index in [0.717, 1.165) is 33.4 Å². The molecule has 0 aromatic heterocycles. The summed E-state index contributed by atoms with van der Waals surface area (Å²) in [7, 11) is 0. The van der Waals surface area contributed by atoms with Crippen LogP contribution in [0.5, 0.6) is 0 Å². The van der Waals surface area contributed by atoms with Gasteiger partial charge in [0, 0.05) is 12.8 Å². The molecule has 4 aromatic carbocycles. The van der Waals surface area contributed by atoms with Gasteiger partial charge in [0.15, 0.2) is 0 Å². The number of fused-ring (bicyclic) bond motifs is 6. The van der Waals surface area contributed by atoms with Crippen LogP contribution in [0.2, 0.25) is 0 Å². The van der Waals surface area contributed by atoms with Crippen molar-refractivity contribution in [3.05, 3.63) is 119 Å². The third-order valence-corrected chi connectivity index (χ3v) is 7.06. The minimum Gasteiger partial charge on any atom is -0.462 e. The molecule has 4 nitrogen and oxygen atoms in total. The average Bonchev–Trinajstić information content (AvgIpc) is 3.39. The third kappa shape index (κ3) is 3.53. The molecule has 0 bridgehead atoms. The predicted molar refractivity (Wildman–Crippen MR) is 134 cm³/mol. The van der Waals surface area contributed by atoms with Gasteiger partial charge >= 0.3 is 11.9 Å². The smallest absolute Gasteiger partial charge is 0.348 e. The summed E-state index contributed by atoms with van der Waals surface area (Å²) in [6.07, 6.45) is -1.07. The fourth-order valence-electron chi connectivity index (χ4n) is 5.64. The van der Waals surface area contributed by atoms with Crippen LogP contribution in [0, 0.1) is 0 Å². The van der Waals surface area contributed by atoms with Crippen molar-refractivity contribution in [2.24, 2.45) is 0 Å². The summed E-state index contributed by atoms with van der Waals surface area (Å²) in [6, 6.07) is 32.3. The molecule has 4 heteroatoms. The first-order valence-electron chi connectivity index (χ1n) is 11.8. The standard InChI is InChI=1S/C31H24O4/c1-19(32)35-30(29-26-16-8-6-12-22(26)23-13-7-9-17-27(23)29)31(33)34-18-28-24-14-4-2-10-20(24)21-11-3-5-15-25(21)28/h2-17,28-30H,18H2,1H3. The zero-order chi connectivity index (χ0) is 23.9. The van der Waals surface area contributed by atoms with Gasteiger partial charge in [-0.3, -0.25) is 4.79 Å². The molecule has 2 aliphatic rings. The minimum atomic E-state index is -1.07. The van der Waals surface area contributed by atoms with Crippen LogP contribution in [0.1, 0.15) is 41.0 Å². The zero-order valence-electron chi connectivity index (χ0n) is 19.3. The molecule has 0 fully saturated rings. The van der Waals surface area contributed by atoms with Crippen LogP contribution in [0.4, 0.5) is 0 Å². The van der Waals surface area contributed by atoms with Gasteiger partial charge in [0.1, 0.15) is 6.61 Å². The molecular weight excluding hydrogens is 436 g/mol. The van der Waals surface area contributed by atoms with Crippen LogP contribution >= 0.6 is 0 Å². The number of hydrogen-bond donors (Lipinski definition) is 0. The highest BCUT2D eigenvalue weighted by atomic mass is 16.6. The van der Waals surface area contributed by atoms with Crippen LogP contribution in [0.25, 0.3) is 22.3 Å². The Balaban J connectivity index is 1.32. The van der Waals surface area contributed by atoms with E-state index in [1.54, 1.807) is 0 Å². The lowest BCUT2D eigenvalue weighted by atomic mass is 9.91. The van der Waals surface area contributed by atoms with E-state index < -0.39 is 24.0 Å². The predicted octanol–water partition coefficient (Wildman–Crippen LogP) is 6.09. The number of ether oxygens (including phenoxy) is 2. The molecule has 0 saturated heterocycles. The van der Waals surface area contributed by atoms with Crippen molar-refractivity contribution in [3.63, 3.8) is 0 Å². The van der Waals surface area contributed by atoms with Crippen LogP contribution in [0.3, 0.4) is 0 Å². The summed E-state index contributed by atoms with van der Waals surface area (Å²) < 4.78 is 11.6. The number of benzene rings is 4. The Morgan fingerprint density at radius 2 is 1.06 bits per heavy atom. The normalized spacial score (nSPS) is 14.4. The minimum absolute atomic E-state index is 0.0625. The second kappa shape index (κ2) is 8.55. The van der Waals surface area contributed by atoms with Crippen molar-refractivity contribution in [2.75, 3.05) is 6.61 Å². The van der Waals surface area contributed by atoms with Gasteiger partial charge < -0.3 is 9.47 Å². The van der Waals surface area contributed by atoms with Crippen molar-refractivity contribution in [1.29, 1.82) is 0 Å². The Morgan fingerprint density at radius 3 is 1.51 bits per heavy atom. The summed E-state index contributed by atoms with van der Waals surface area (Å²) in [4.78, 5) is 25.7. The zero-order valence-corrected chi connectivity index (χ0v) is 19.3. The first-order chi connectivity index (χ1) is 17.1. The second-order valence-corrected chi connectivity index (χ2v) is 9.04. The largest absolute Gasteiger partial charge is 0.462 e. The van der Waals surface area contributed by atoms with Crippen molar-refractivity contribution < 1.29 is 19.1 Å². The van der Waals surface area contributed by atoms with E-state index in [1.165, 1.54) is 18.1 Å². The Kier molecular flexibility index (Phi) is 5.22. The van der Waals surface area contributed by atoms with E-state index in [4.69, 9.17) is 9.47 Å². The molecule has 4 aromatic rings. The van der Waals surface area contributed by atoms with Gasteiger partial charge in [0.05, 0.1) is 5.92 Å². The summed E-state index contributed by atoms with van der Waals surface area (Å²) in [5, 5.41) is 0. The van der Waals surface area contributed by atoms with Gasteiger partial charge in [-0.2, -0.15) is 0 Å². The molecule has 0 heterocycles. The van der Waals surface area contributed by atoms with Crippen molar-refractivity contribution in [1.82, 2.24) is 0 Å². The van der Waals surface area contributed by atoms with Gasteiger partial charge in [-0.25, -0.2) is 4.79 Å². The average molecular weight is 461 g/mol. The van der Waals surface area contributed by atoms with Crippen LogP contribution < -0.4 is 0 Å². The number of hydrogen-bond acceptors (Lipinski definition) is 4. The third-order valence-electron chi connectivity index (χ3n) is 7.06. The molecule has 0 spiro atoms. The lowest BCUT2D eigenvalue weighted by molar-refractivity contribution is -0.167. The van der Waals surface area contributed by atoms with Crippen molar-refractivity contribution in [3.8, 4) is 22.3 Å². The van der Waals surface area contributed by atoms with Gasteiger partial charge in [0.2, 0.25) is 6.10 Å². The molecule has 0 aliphatic heterocycles. The summed E-state index contributed by atoms with van der Waals surface area (Å²) >= 11 is 0. The number of carbonyl (C=O) groups is 2. The van der Waals surface area contributed by atoms with E-state index >= 15 is 0 Å². The highest BCUT2D eigenvalue weighted by Crippen LogP contribution is 2.48. The molecule has 2 aliphatic carbocycles. The van der Waals surface area contributed by atoms with E-state index in [-0.39, 0.29) is 12.5 Å². The van der Waals surface area contributed by atoms with E-state index in [0.29, 0.717) is 0 Å². The van der Waals surface area contributed by atoms with Crippen LogP contribution in [-0.2, 0) is 19.1 Å². The Bertz CT molecular complexity index is 1360. The summed E-state index contributed by atoms with van der Waals surface area (Å²) in [6.45, 7) is 1.51. The monoisotopic (exact) mass is 460 g/mol. The van der Waals surface area contributed by atoms with Gasteiger partial charge in [-0.15, -0.1) is 0 Å². The number of esters is 2. The van der Waals surface area contributed by atoms with Gasteiger partial charge in [-0.05, 0) is 44.5 Å². The second-order valence-electron chi connectivity index (χ2n) is 9.04. The molecule has 0 N–H and O–H groups in total. The van der Waals surface area contributed by atoms with Gasteiger partial charge in [-0.1, -0.05) is 97.1 Å². The Labute approximate surface area is 204 Å². The highest BCUT2D eigenvalue weighted by molar-refractivity contribution is 5.87. The van der Waals surface area contributed by atoms with Crippen molar-refractivity contribution >= 4 is 11.9 Å². The first kappa shape index (κ1) is 21.4. The maximum atomic E-state index is 13.6. The highest BCUT2D eigenvalue weighted by Gasteiger charge is 2.41. The summed E-state index contributed by atoms with van der Waals surface area (Å²) in [5.41, 5.74) is 8.65. The topological polar surface area (TPSA) is 52.6 Å². The molecule has 0 radical (unpaired) electrons. The maximum absolute atomic E-state index is 13.6. The molecular formula is C31H24O4. The van der Waals surface area contributed by atoms with Crippen LogP contribution in [-0.4, -0.2) is 24.6 Å².